The van der Waals surface area contributed by atoms with Gasteiger partial charge in [-0.3, -0.25) is 9.59 Å². The van der Waals surface area contributed by atoms with E-state index in [2.05, 4.69) is 20.8 Å². The van der Waals surface area contributed by atoms with Gasteiger partial charge < -0.3 is 15.5 Å². The second-order valence-electron chi connectivity index (χ2n) is 6.82. The van der Waals surface area contributed by atoms with Gasteiger partial charge in [0, 0.05) is 18.4 Å². The lowest BCUT2D eigenvalue weighted by atomic mass is 10.2. The zero-order valence-electron chi connectivity index (χ0n) is 17.0. The topological polar surface area (TPSA) is 87.2 Å². The third kappa shape index (κ3) is 6.57. The number of carbonyl (C=O) groups is 2. The van der Waals surface area contributed by atoms with Gasteiger partial charge in [-0.05, 0) is 38.1 Å². The van der Waals surface area contributed by atoms with Crippen molar-refractivity contribution in [2.75, 3.05) is 30.0 Å². The van der Waals surface area contributed by atoms with Gasteiger partial charge in [-0.1, -0.05) is 58.5 Å². The Labute approximate surface area is 183 Å². The Balaban J connectivity index is 1.44. The van der Waals surface area contributed by atoms with E-state index in [-0.39, 0.29) is 24.1 Å². The number of thioether (sulfide) groups is 1. The van der Waals surface area contributed by atoms with Gasteiger partial charge in [-0.15, -0.1) is 10.2 Å². The Hall–Kier alpha value is -2.91. The van der Waals surface area contributed by atoms with Crippen LogP contribution in [0.25, 0.3) is 0 Å². The number of nitrogens with one attached hydrogen (secondary N) is 2. The van der Waals surface area contributed by atoms with Crippen LogP contribution < -0.4 is 10.6 Å². The fourth-order valence-corrected chi connectivity index (χ4v) is 4.17. The molecule has 0 bridgehead atoms. The molecule has 1 heterocycles. The molecule has 0 atom stereocenters. The summed E-state index contributed by atoms with van der Waals surface area (Å²) in [6.07, 6.45) is 0. The van der Waals surface area contributed by atoms with E-state index in [1.54, 1.807) is 7.05 Å². The molecule has 2 N–H and O–H groups in total. The molecule has 9 heteroatoms. The highest BCUT2D eigenvalue weighted by Crippen LogP contribution is 2.27. The van der Waals surface area contributed by atoms with Crippen LogP contribution in [0.15, 0.2) is 52.9 Å². The van der Waals surface area contributed by atoms with Gasteiger partial charge in [-0.25, -0.2) is 0 Å². The number of likely N-dealkylation sites (N-methyl/N-ethyl adjacent to an activating group) is 1. The van der Waals surface area contributed by atoms with Crippen molar-refractivity contribution in [3.8, 4) is 0 Å². The van der Waals surface area contributed by atoms with Crippen LogP contribution in [0.1, 0.15) is 11.1 Å². The average Bonchev–Trinajstić information content (AvgIpc) is 3.17. The maximum Gasteiger partial charge on any atom is 0.243 e. The van der Waals surface area contributed by atoms with Gasteiger partial charge in [0.1, 0.15) is 0 Å². The zero-order chi connectivity index (χ0) is 21.5. The Bertz CT molecular complexity index is 1000. The van der Waals surface area contributed by atoms with Crippen molar-refractivity contribution in [1.82, 2.24) is 15.1 Å². The highest BCUT2D eigenvalue weighted by molar-refractivity contribution is 8.01. The molecule has 1 aromatic heterocycles. The molecular weight excluding hydrogens is 418 g/mol. The summed E-state index contributed by atoms with van der Waals surface area (Å²) in [4.78, 5) is 25.9. The summed E-state index contributed by atoms with van der Waals surface area (Å²) in [7, 11) is 1.61. The quantitative estimate of drug-likeness (QED) is 0.512. The number of nitrogens with zero attached hydrogens (tertiary/aromatic N) is 3. The van der Waals surface area contributed by atoms with Crippen molar-refractivity contribution in [3.05, 3.63) is 59.7 Å². The number of aromatic nitrogens is 2. The van der Waals surface area contributed by atoms with Crippen molar-refractivity contribution in [2.45, 2.75) is 18.2 Å². The normalized spacial score (nSPS) is 10.5. The number of anilines is 3. The molecule has 0 saturated heterocycles. The second kappa shape index (κ2) is 10.2. The van der Waals surface area contributed by atoms with Crippen molar-refractivity contribution >= 4 is 51.4 Å². The summed E-state index contributed by atoms with van der Waals surface area (Å²) >= 11 is 2.69. The number of benzene rings is 2. The summed E-state index contributed by atoms with van der Waals surface area (Å²) in [5, 5.41) is 14.9. The molecule has 3 aromatic rings. The minimum Gasteiger partial charge on any atom is -0.336 e. The summed E-state index contributed by atoms with van der Waals surface area (Å²) < 4.78 is 0.690. The molecule has 2 amide bonds. The zero-order valence-corrected chi connectivity index (χ0v) is 18.6. The van der Waals surface area contributed by atoms with Crippen LogP contribution in [0.4, 0.5) is 16.5 Å². The second-order valence-corrected chi connectivity index (χ2v) is 9.02. The van der Waals surface area contributed by atoms with Crippen LogP contribution in [0, 0.1) is 13.8 Å². The molecule has 0 fully saturated rings. The van der Waals surface area contributed by atoms with Crippen LogP contribution in [-0.2, 0) is 9.59 Å². The van der Waals surface area contributed by atoms with E-state index in [0.29, 0.717) is 15.2 Å². The number of hydrogen-bond acceptors (Lipinski definition) is 7. The first kappa shape index (κ1) is 21.8. The molecule has 2 aromatic carbocycles. The number of aryl methyl sites for hydroxylation is 2. The van der Waals surface area contributed by atoms with Crippen LogP contribution in [0.2, 0.25) is 0 Å². The molecule has 156 valence electrons. The molecule has 0 saturated carbocycles. The Morgan fingerprint density at radius 1 is 0.967 bits per heavy atom. The SMILES string of the molecule is Cc1ccc(NC(=O)CN(C)C(=O)CSc2nnc(Nc3ccc(C)cc3)s2)cc1. The summed E-state index contributed by atoms with van der Waals surface area (Å²) in [5.41, 5.74) is 3.95. The molecule has 0 aliphatic rings. The van der Waals surface area contributed by atoms with E-state index in [0.717, 1.165) is 11.3 Å². The van der Waals surface area contributed by atoms with E-state index in [1.165, 1.54) is 33.6 Å². The molecule has 0 aliphatic heterocycles. The highest BCUT2D eigenvalue weighted by atomic mass is 32.2. The molecule has 0 unspecified atom stereocenters. The monoisotopic (exact) mass is 441 g/mol. The maximum atomic E-state index is 12.3. The average molecular weight is 442 g/mol. The van der Waals surface area contributed by atoms with E-state index >= 15 is 0 Å². The molecule has 30 heavy (non-hydrogen) atoms. The fraction of sp³-hybridized carbons (Fsp3) is 0.238. The van der Waals surface area contributed by atoms with Crippen LogP contribution in [0.3, 0.4) is 0 Å². The third-order valence-electron chi connectivity index (χ3n) is 4.17. The molecule has 0 radical (unpaired) electrons. The van der Waals surface area contributed by atoms with Gasteiger partial charge in [0.05, 0.1) is 12.3 Å². The smallest absolute Gasteiger partial charge is 0.243 e. The van der Waals surface area contributed by atoms with Gasteiger partial charge >= 0.3 is 0 Å². The Morgan fingerprint density at radius 3 is 2.20 bits per heavy atom. The maximum absolute atomic E-state index is 12.3. The molecular formula is C21H23N5O2S2. The Kier molecular flexibility index (Phi) is 7.42. The first-order valence-corrected chi connectivity index (χ1v) is 11.1. The first-order valence-electron chi connectivity index (χ1n) is 9.29. The van der Waals surface area contributed by atoms with Gasteiger partial charge in [0.15, 0.2) is 4.34 Å². The van der Waals surface area contributed by atoms with Gasteiger partial charge in [-0.2, -0.15) is 0 Å². The lowest BCUT2D eigenvalue weighted by molar-refractivity contribution is -0.131. The van der Waals surface area contributed by atoms with Crippen molar-refractivity contribution in [2.24, 2.45) is 0 Å². The standard InChI is InChI=1S/C21H23N5O2S2/c1-14-4-8-16(9-5-14)22-18(27)12-26(3)19(28)13-29-21-25-24-20(30-21)23-17-10-6-15(2)7-11-17/h4-11H,12-13H2,1-3H3,(H,22,27)(H,23,24). The highest BCUT2D eigenvalue weighted by Gasteiger charge is 2.15. The fourth-order valence-electron chi connectivity index (χ4n) is 2.45. The van der Waals surface area contributed by atoms with E-state index in [4.69, 9.17) is 0 Å². The van der Waals surface area contributed by atoms with Crippen LogP contribution in [0.5, 0.6) is 0 Å². The summed E-state index contributed by atoms with van der Waals surface area (Å²) in [6.45, 7) is 4.00. The van der Waals surface area contributed by atoms with Crippen molar-refractivity contribution < 1.29 is 9.59 Å². The minimum absolute atomic E-state index is 0.0103. The van der Waals surface area contributed by atoms with Crippen LogP contribution in [-0.4, -0.2) is 46.3 Å². The lowest BCUT2D eigenvalue weighted by Gasteiger charge is -2.16. The van der Waals surface area contributed by atoms with Crippen molar-refractivity contribution in [1.29, 1.82) is 0 Å². The van der Waals surface area contributed by atoms with Gasteiger partial charge in [0.2, 0.25) is 16.9 Å². The van der Waals surface area contributed by atoms with Gasteiger partial charge in [0.25, 0.3) is 0 Å². The predicted molar refractivity (Wildman–Crippen MR) is 123 cm³/mol. The Morgan fingerprint density at radius 2 is 1.57 bits per heavy atom. The third-order valence-corrected chi connectivity index (χ3v) is 6.13. The molecule has 0 aliphatic carbocycles. The largest absolute Gasteiger partial charge is 0.336 e. The van der Waals surface area contributed by atoms with Crippen molar-refractivity contribution in [3.63, 3.8) is 0 Å². The van der Waals surface area contributed by atoms with E-state index < -0.39 is 0 Å². The lowest BCUT2D eigenvalue weighted by Crippen LogP contribution is -2.35. The summed E-state index contributed by atoms with van der Waals surface area (Å²) in [5.74, 6) is -0.199. The number of carbonyl (C=O) groups excluding carboxylic acids is 2. The number of hydrogen-bond donors (Lipinski definition) is 2. The predicted octanol–water partition coefficient (Wildman–Crippen LogP) is 4.09. The summed E-state index contributed by atoms with van der Waals surface area (Å²) in [6, 6.07) is 15.5. The molecule has 7 nitrogen and oxygen atoms in total. The number of rotatable bonds is 8. The number of amides is 2. The van der Waals surface area contributed by atoms with Crippen LogP contribution >= 0.6 is 23.1 Å². The van der Waals surface area contributed by atoms with E-state index in [1.807, 2.05) is 62.4 Å². The van der Waals surface area contributed by atoms with E-state index in [9.17, 15) is 9.59 Å². The minimum atomic E-state index is -0.236. The molecule has 0 spiro atoms. The first-order chi connectivity index (χ1) is 14.4. The molecule has 3 rings (SSSR count).